The zero-order valence-corrected chi connectivity index (χ0v) is 20.2. The van der Waals surface area contributed by atoms with Crippen molar-refractivity contribution in [1.29, 1.82) is 0 Å². The minimum Gasteiger partial charge on any atom is -0.351 e. The molecule has 0 saturated carbocycles. The Morgan fingerprint density at radius 3 is 2.33 bits per heavy atom. The molecule has 0 radical (unpaired) electrons. The number of carbonyl (C=O) groups excluding carboxylic acids is 2. The van der Waals surface area contributed by atoms with Gasteiger partial charge in [-0.2, -0.15) is 0 Å². The Bertz CT molecular complexity index is 966. The number of hydrogen-bond donors (Lipinski definition) is 1. The van der Waals surface area contributed by atoms with Crippen molar-refractivity contribution in [1.82, 2.24) is 15.1 Å². The third-order valence-corrected chi connectivity index (χ3v) is 7.47. The number of amides is 2. The first kappa shape index (κ1) is 23.5. The highest BCUT2D eigenvalue weighted by Gasteiger charge is 2.49. The van der Waals surface area contributed by atoms with E-state index in [9.17, 15) is 9.59 Å². The summed E-state index contributed by atoms with van der Waals surface area (Å²) in [6.45, 7) is 8.69. The molecule has 2 heterocycles. The van der Waals surface area contributed by atoms with Crippen LogP contribution in [0.3, 0.4) is 0 Å². The lowest BCUT2D eigenvalue weighted by molar-refractivity contribution is -0.144. The van der Waals surface area contributed by atoms with Gasteiger partial charge in [0.1, 0.15) is 5.54 Å². The molecule has 176 valence electrons. The van der Waals surface area contributed by atoms with Crippen molar-refractivity contribution < 1.29 is 9.59 Å². The van der Waals surface area contributed by atoms with Gasteiger partial charge in [-0.15, -0.1) is 0 Å². The summed E-state index contributed by atoms with van der Waals surface area (Å²) in [7, 11) is 0. The normalized spacial score (nSPS) is 22.0. The van der Waals surface area contributed by atoms with E-state index in [1.54, 1.807) is 6.92 Å². The number of rotatable bonds is 6. The highest BCUT2D eigenvalue weighted by atomic mass is 16.2. The SMILES string of the molecule is CC(=O)N1CCCC1(Cc1ccccc1-c1ccccc1)C(=O)NC1CCN(C(C)C)CC1. The largest absolute Gasteiger partial charge is 0.351 e. The predicted molar refractivity (Wildman–Crippen MR) is 133 cm³/mol. The molecular formula is C28H37N3O2. The Hall–Kier alpha value is -2.66. The molecule has 2 aromatic rings. The van der Waals surface area contributed by atoms with Crippen LogP contribution < -0.4 is 5.32 Å². The monoisotopic (exact) mass is 447 g/mol. The first-order valence-corrected chi connectivity index (χ1v) is 12.4. The summed E-state index contributed by atoms with van der Waals surface area (Å²) < 4.78 is 0. The van der Waals surface area contributed by atoms with Crippen LogP contribution in [0.1, 0.15) is 52.0 Å². The topological polar surface area (TPSA) is 52.7 Å². The quantitative estimate of drug-likeness (QED) is 0.720. The number of likely N-dealkylation sites (tertiary alicyclic amines) is 2. The highest BCUT2D eigenvalue weighted by molar-refractivity contribution is 5.92. The Balaban J connectivity index is 1.61. The van der Waals surface area contributed by atoms with Gasteiger partial charge < -0.3 is 15.1 Å². The Kier molecular flexibility index (Phi) is 7.18. The lowest BCUT2D eigenvalue weighted by Crippen LogP contribution is -2.60. The molecule has 5 nitrogen and oxygen atoms in total. The molecule has 5 heteroatoms. The van der Waals surface area contributed by atoms with E-state index in [2.05, 4.69) is 48.3 Å². The van der Waals surface area contributed by atoms with E-state index in [0.29, 0.717) is 25.4 Å². The summed E-state index contributed by atoms with van der Waals surface area (Å²) in [5, 5.41) is 3.37. The van der Waals surface area contributed by atoms with Gasteiger partial charge >= 0.3 is 0 Å². The fourth-order valence-electron chi connectivity index (χ4n) is 5.61. The highest BCUT2D eigenvalue weighted by Crippen LogP contribution is 2.36. The van der Waals surface area contributed by atoms with Gasteiger partial charge in [0.25, 0.3) is 0 Å². The van der Waals surface area contributed by atoms with Crippen molar-refractivity contribution in [2.75, 3.05) is 19.6 Å². The Morgan fingerprint density at radius 1 is 1.00 bits per heavy atom. The summed E-state index contributed by atoms with van der Waals surface area (Å²) in [6, 6.07) is 19.3. The standard InChI is InChI=1S/C28H37N3O2/c1-21(2)30-18-14-25(15-19-30)29-27(33)28(16-9-17-31(28)22(3)32)20-24-12-7-8-13-26(24)23-10-5-4-6-11-23/h4-8,10-13,21,25H,9,14-20H2,1-3H3,(H,29,33). The summed E-state index contributed by atoms with van der Waals surface area (Å²) in [5.41, 5.74) is 2.55. The summed E-state index contributed by atoms with van der Waals surface area (Å²) in [4.78, 5) is 30.9. The number of carbonyl (C=O) groups is 2. The maximum Gasteiger partial charge on any atom is 0.246 e. The molecule has 2 fully saturated rings. The molecular weight excluding hydrogens is 410 g/mol. The molecule has 1 N–H and O–H groups in total. The van der Waals surface area contributed by atoms with E-state index in [1.807, 2.05) is 35.2 Å². The summed E-state index contributed by atoms with van der Waals surface area (Å²) in [6.07, 6.45) is 4.01. The second-order valence-corrected chi connectivity index (χ2v) is 9.88. The zero-order valence-electron chi connectivity index (χ0n) is 20.2. The van der Waals surface area contributed by atoms with Crippen LogP contribution in [-0.2, 0) is 16.0 Å². The first-order valence-electron chi connectivity index (χ1n) is 12.4. The van der Waals surface area contributed by atoms with E-state index in [1.165, 1.54) is 0 Å². The van der Waals surface area contributed by atoms with Crippen LogP contribution in [0.15, 0.2) is 54.6 Å². The predicted octanol–water partition coefficient (Wildman–Crippen LogP) is 4.27. The zero-order chi connectivity index (χ0) is 23.4. The second kappa shape index (κ2) is 10.1. The molecule has 0 spiro atoms. The third kappa shape index (κ3) is 4.98. The molecule has 0 bridgehead atoms. The van der Waals surface area contributed by atoms with Gasteiger partial charge in [0.05, 0.1) is 0 Å². The lowest BCUT2D eigenvalue weighted by Gasteiger charge is -2.40. The Labute approximate surface area is 198 Å². The van der Waals surface area contributed by atoms with Crippen molar-refractivity contribution in [3.63, 3.8) is 0 Å². The molecule has 1 atom stereocenters. The van der Waals surface area contributed by atoms with E-state index < -0.39 is 5.54 Å². The van der Waals surface area contributed by atoms with Gasteiger partial charge in [-0.05, 0) is 56.2 Å². The van der Waals surface area contributed by atoms with Crippen LogP contribution in [0.5, 0.6) is 0 Å². The average molecular weight is 448 g/mol. The number of benzene rings is 2. The van der Waals surface area contributed by atoms with Gasteiger partial charge in [0, 0.05) is 45.1 Å². The number of nitrogens with zero attached hydrogens (tertiary/aromatic N) is 2. The van der Waals surface area contributed by atoms with Crippen LogP contribution in [0.4, 0.5) is 0 Å². The van der Waals surface area contributed by atoms with Gasteiger partial charge in [-0.25, -0.2) is 0 Å². The molecule has 0 aliphatic carbocycles. The smallest absolute Gasteiger partial charge is 0.246 e. The van der Waals surface area contributed by atoms with Gasteiger partial charge in [0.15, 0.2) is 0 Å². The van der Waals surface area contributed by atoms with Crippen molar-refractivity contribution >= 4 is 11.8 Å². The van der Waals surface area contributed by atoms with Crippen molar-refractivity contribution in [3.8, 4) is 11.1 Å². The first-order chi connectivity index (χ1) is 15.9. The van der Waals surface area contributed by atoms with Crippen LogP contribution in [-0.4, -0.2) is 58.9 Å². The fourth-order valence-corrected chi connectivity index (χ4v) is 5.61. The maximum atomic E-state index is 13.9. The third-order valence-electron chi connectivity index (χ3n) is 7.47. The minimum atomic E-state index is -0.827. The summed E-state index contributed by atoms with van der Waals surface area (Å²) in [5.74, 6) is -0.00414. The van der Waals surface area contributed by atoms with Crippen molar-refractivity contribution in [2.24, 2.45) is 0 Å². The van der Waals surface area contributed by atoms with E-state index in [-0.39, 0.29) is 17.9 Å². The average Bonchev–Trinajstić information content (AvgIpc) is 3.25. The molecule has 33 heavy (non-hydrogen) atoms. The van der Waals surface area contributed by atoms with Gasteiger partial charge in [0.2, 0.25) is 11.8 Å². The van der Waals surface area contributed by atoms with Crippen LogP contribution in [0.25, 0.3) is 11.1 Å². The molecule has 1 unspecified atom stereocenters. The second-order valence-electron chi connectivity index (χ2n) is 9.88. The van der Waals surface area contributed by atoms with Crippen molar-refractivity contribution in [3.05, 3.63) is 60.2 Å². The van der Waals surface area contributed by atoms with E-state index >= 15 is 0 Å². The molecule has 2 aliphatic heterocycles. The van der Waals surface area contributed by atoms with E-state index in [0.717, 1.165) is 49.0 Å². The van der Waals surface area contributed by atoms with Crippen LogP contribution in [0, 0.1) is 0 Å². The molecule has 2 saturated heterocycles. The fraction of sp³-hybridized carbons (Fsp3) is 0.500. The van der Waals surface area contributed by atoms with E-state index in [4.69, 9.17) is 0 Å². The molecule has 2 amide bonds. The lowest BCUT2D eigenvalue weighted by atomic mass is 9.83. The summed E-state index contributed by atoms with van der Waals surface area (Å²) >= 11 is 0. The maximum absolute atomic E-state index is 13.9. The molecule has 2 aromatic carbocycles. The Morgan fingerprint density at radius 2 is 1.67 bits per heavy atom. The number of nitrogens with one attached hydrogen (secondary N) is 1. The van der Waals surface area contributed by atoms with Gasteiger partial charge in [-0.1, -0.05) is 54.6 Å². The number of piperidine rings is 1. The minimum absolute atomic E-state index is 0.0149. The van der Waals surface area contributed by atoms with Gasteiger partial charge in [-0.3, -0.25) is 9.59 Å². The molecule has 4 rings (SSSR count). The van der Waals surface area contributed by atoms with Crippen LogP contribution >= 0.6 is 0 Å². The van der Waals surface area contributed by atoms with Crippen LogP contribution in [0.2, 0.25) is 0 Å². The van der Waals surface area contributed by atoms with Crippen molar-refractivity contribution in [2.45, 2.75) is 70.5 Å². The molecule has 2 aliphatic rings. The number of hydrogen-bond acceptors (Lipinski definition) is 3. The molecule has 0 aromatic heterocycles.